The maximum Gasteiger partial charge on any atom is 0.115 e. The Morgan fingerprint density at radius 2 is 1.88 bits per heavy atom. The van der Waals surface area contributed by atoms with Crippen LogP contribution in [0.4, 0.5) is 0 Å². The summed E-state index contributed by atoms with van der Waals surface area (Å²) in [5.41, 5.74) is 2.32. The number of pyridine rings is 2. The van der Waals surface area contributed by atoms with Crippen LogP contribution in [-0.4, -0.2) is 40.3 Å². The van der Waals surface area contributed by atoms with Crippen LogP contribution < -0.4 is 0 Å². The van der Waals surface area contributed by atoms with Crippen molar-refractivity contribution in [2.75, 3.05) is 25.4 Å². The Kier molecular flexibility index (Phi) is 6.22. The van der Waals surface area contributed by atoms with Gasteiger partial charge in [0.1, 0.15) is 11.1 Å². The van der Waals surface area contributed by atoms with Crippen LogP contribution in [0.2, 0.25) is 0 Å². The third kappa shape index (κ3) is 4.56. The van der Waals surface area contributed by atoms with Crippen LogP contribution in [0.3, 0.4) is 0 Å². The minimum Gasteiger partial charge on any atom is -0.303 e. The fourth-order valence-electron chi connectivity index (χ4n) is 2.92. The molecular formula is C19H22N4S. The molecule has 0 aliphatic carbocycles. The average Bonchev–Trinajstić information content (AvgIpc) is 2.91. The number of hydrogen-bond acceptors (Lipinski definition) is 5. The van der Waals surface area contributed by atoms with Crippen molar-refractivity contribution >= 4 is 11.8 Å². The highest BCUT2D eigenvalue weighted by Crippen LogP contribution is 2.24. The van der Waals surface area contributed by atoms with E-state index >= 15 is 0 Å². The molecule has 0 unspecified atom stereocenters. The summed E-state index contributed by atoms with van der Waals surface area (Å²) in [6.07, 6.45) is 7.09. The third-order valence-electron chi connectivity index (χ3n) is 4.25. The van der Waals surface area contributed by atoms with Crippen molar-refractivity contribution in [2.45, 2.75) is 30.7 Å². The second-order valence-corrected chi connectivity index (χ2v) is 7.06. The van der Waals surface area contributed by atoms with Crippen LogP contribution in [0.25, 0.3) is 11.4 Å². The minimum atomic E-state index is 0.649. The number of rotatable bonds is 5. The summed E-state index contributed by atoms with van der Waals surface area (Å²) in [5.74, 6) is 0.966. The molecule has 1 aliphatic heterocycles. The second kappa shape index (κ2) is 8.81. The molecule has 0 amide bonds. The quantitative estimate of drug-likeness (QED) is 0.772. The van der Waals surface area contributed by atoms with Crippen molar-refractivity contribution in [2.24, 2.45) is 0 Å². The Balaban J connectivity index is 1.66. The normalized spacial score (nSPS) is 15.6. The van der Waals surface area contributed by atoms with Crippen molar-refractivity contribution in [1.29, 1.82) is 5.26 Å². The van der Waals surface area contributed by atoms with E-state index < -0.39 is 0 Å². The van der Waals surface area contributed by atoms with Gasteiger partial charge < -0.3 is 4.90 Å². The van der Waals surface area contributed by atoms with Gasteiger partial charge in [-0.15, -0.1) is 11.8 Å². The molecule has 0 radical (unpaired) electrons. The molecule has 2 aromatic heterocycles. The maximum atomic E-state index is 9.34. The Labute approximate surface area is 147 Å². The van der Waals surface area contributed by atoms with Crippen LogP contribution in [-0.2, 0) is 0 Å². The summed E-state index contributed by atoms with van der Waals surface area (Å²) in [7, 11) is 0. The molecule has 0 aromatic carbocycles. The van der Waals surface area contributed by atoms with Gasteiger partial charge in [-0.2, -0.15) is 5.26 Å². The molecule has 124 valence electrons. The first kappa shape index (κ1) is 16.9. The van der Waals surface area contributed by atoms with E-state index in [1.54, 1.807) is 18.0 Å². The summed E-state index contributed by atoms with van der Waals surface area (Å²) < 4.78 is 0. The summed E-state index contributed by atoms with van der Waals surface area (Å²) >= 11 is 1.68. The van der Waals surface area contributed by atoms with E-state index in [1.165, 1.54) is 38.8 Å². The predicted molar refractivity (Wildman–Crippen MR) is 97.8 cm³/mol. The first-order valence-corrected chi connectivity index (χ1v) is 9.53. The summed E-state index contributed by atoms with van der Waals surface area (Å²) in [4.78, 5) is 11.6. The van der Waals surface area contributed by atoms with Crippen LogP contribution in [0, 0.1) is 11.3 Å². The number of aromatic nitrogens is 2. The van der Waals surface area contributed by atoms with Crippen molar-refractivity contribution in [1.82, 2.24) is 14.9 Å². The highest BCUT2D eigenvalue weighted by atomic mass is 32.2. The van der Waals surface area contributed by atoms with E-state index in [-0.39, 0.29) is 0 Å². The Bertz CT molecular complexity index is 688. The molecule has 0 saturated carbocycles. The lowest BCUT2D eigenvalue weighted by molar-refractivity contribution is 0.303. The molecule has 4 nitrogen and oxygen atoms in total. The molecule has 0 spiro atoms. The topological polar surface area (TPSA) is 52.8 Å². The van der Waals surface area contributed by atoms with Crippen LogP contribution in [0.1, 0.15) is 31.2 Å². The highest BCUT2D eigenvalue weighted by Gasteiger charge is 2.11. The van der Waals surface area contributed by atoms with Gasteiger partial charge in [-0.1, -0.05) is 18.9 Å². The number of nitriles is 1. The number of thioether (sulfide) groups is 1. The predicted octanol–water partition coefficient (Wildman–Crippen LogP) is 3.98. The monoisotopic (exact) mass is 338 g/mol. The molecule has 0 bridgehead atoms. The van der Waals surface area contributed by atoms with Gasteiger partial charge in [0, 0.05) is 18.5 Å². The fraction of sp³-hybridized carbons (Fsp3) is 0.421. The molecule has 1 fully saturated rings. The zero-order valence-corrected chi connectivity index (χ0v) is 14.6. The largest absolute Gasteiger partial charge is 0.303 e. The highest BCUT2D eigenvalue weighted by molar-refractivity contribution is 7.99. The van der Waals surface area contributed by atoms with E-state index in [0.717, 1.165) is 28.7 Å². The van der Waals surface area contributed by atoms with Gasteiger partial charge in [0.25, 0.3) is 0 Å². The van der Waals surface area contributed by atoms with Gasteiger partial charge in [-0.3, -0.25) is 4.98 Å². The van der Waals surface area contributed by atoms with Gasteiger partial charge in [-0.25, -0.2) is 4.98 Å². The number of hydrogen-bond donors (Lipinski definition) is 0. The van der Waals surface area contributed by atoms with Gasteiger partial charge in [-0.05, 0) is 50.2 Å². The van der Waals surface area contributed by atoms with Crippen LogP contribution >= 0.6 is 11.8 Å². The lowest BCUT2D eigenvalue weighted by atomic mass is 10.2. The van der Waals surface area contributed by atoms with E-state index in [2.05, 4.69) is 20.9 Å². The minimum absolute atomic E-state index is 0.649. The lowest BCUT2D eigenvalue weighted by Gasteiger charge is -2.19. The first-order chi connectivity index (χ1) is 11.9. The summed E-state index contributed by atoms with van der Waals surface area (Å²) in [6.45, 7) is 3.46. The van der Waals surface area contributed by atoms with Crippen molar-refractivity contribution in [3.63, 3.8) is 0 Å². The Morgan fingerprint density at radius 3 is 2.58 bits per heavy atom. The Morgan fingerprint density at radius 1 is 1.04 bits per heavy atom. The van der Waals surface area contributed by atoms with Crippen molar-refractivity contribution in [3.8, 4) is 17.5 Å². The zero-order valence-electron chi connectivity index (χ0n) is 13.8. The molecule has 5 heteroatoms. The van der Waals surface area contributed by atoms with E-state index in [9.17, 15) is 5.26 Å². The third-order valence-corrected chi connectivity index (χ3v) is 5.22. The average molecular weight is 338 g/mol. The molecule has 1 saturated heterocycles. The number of nitrogens with zero attached hydrogens (tertiary/aromatic N) is 4. The van der Waals surface area contributed by atoms with Gasteiger partial charge in [0.05, 0.1) is 17.0 Å². The smallest absolute Gasteiger partial charge is 0.115 e. The maximum absolute atomic E-state index is 9.34. The molecule has 24 heavy (non-hydrogen) atoms. The molecule has 0 atom stereocenters. The van der Waals surface area contributed by atoms with Crippen LogP contribution in [0.5, 0.6) is 0 Å². The zero-order chi connectivity index (χ0) is 16.6. The standard InChI is InChI=1S/C19H22N4S/c20-15-16-8-9-18(17-7-3-4-10-21-17)22-19(16)24-14-13-23-11-5-1-2-6-12-23/h3-4,7-10H,1-2,5-6,11-14H2. The SMILES string of the molecule is N#Cc1ccc(-c2ccccn2)nc1SCCN1CCCCCC1. The lowest BCUT2D eigenvalue weighted by Crippen LogP contribution is -2.27. The molecule has 3 rings (SSSR count). The van der Waals surface area contributed by atoms with E-state index in [1.807, 2.05) is 30.3 Å². The van der Waals surface area contributed by atoms with Crippen molar-refractivity contribution in [3.05, 3.63) is 42.1 Å². The first-order valence-electron chi connectivity index (χ1n) is 8.54. The molecule has 0 N–H and O–H groups in total. The number of likely N-dealkylation sites (tertiary alicyclic amines) is 1. The second-order valence-electron chi connectivity index (χ2n) is 5.98. The van der Waals surface area contributed by atoms with Gasteiger partial charge in [0.15, 0.2) is 0 Å². The summed E-state index contributed by atoms with van der Waals surface area (Å²) in [6, 6.07) is 11.8. The molecule has 1 aliphatic rings. The fourth-order valence-corrected chi connectivity index (χ4v) is 3.90. The van der Waals surface area contributed by atoms with E-state index in [0.29, 0.717) is 5.56 Å². The molecule has 2 aromatic rings. The van der Waals surface area contributed by atoms with Crippen LogP contribution in [0.15, 0.2) is 41.6 Å². The van der Waals surface area contributed by atoms with Gasteiger partial charge in [0.2, 0.25) is 0 Å². The summed E-state index contributed by atoms with van der Waals surface area (Å²) in [5, 5.41) is 10.2. The van der Waals surface area contributed by atoms with Gasteiger partial charge >= 0.3 is 0 Å². The van der Waals surface area contributed by atoms with E-state index in [4.69, 9.17) is 0 Å². The Hall–Kier alpha value is -1.90. The molecular weight excluding hydrogens is 316 g/mol. The van der Waals surface area contributed by atoms with Crippen molar-refractivity contribution < 1.29 is 0 Å². The molecule has 3 heterocycles.